The van der Waals surface area contributed by atoms with Gasteiger partial charge in [0.15, 0.2) is 0 Å². The van der Waals surface area contributed by atoms with Gasteiger partial charge >= 0.3 is 0 Å². The van der Waals surface area contributed by atoms with Gasteiger partial charge in [-0.15, -0.1) is 0 Å². The Morgan fingerprint density at radius 1 is 1.05 bits per heavy atom. The molecule has 0 aliphatic heterocycles. The number of hydrogen-bond acceptors (Lipinski definition) is 4. The number of methoxy groups -OCH3 is 1. The first kappa shape index (κ1) is 16.0. The summed E-state index contributed by atoms with van der Waals surface area (Å²) in [6, 6.07) is 13.8. The number of hydrogen-bond donors (Lipinski definition) is 1. The molecule has 0 aliphatic carbocycles. The first-order valence-corrected chi connectivity index (χ1v) is 8.18. The van der Waals surface area contributed by atoms with E-state index in [1.54, 1.807) is 50.4 Å². The van der Waals surface area contributed by atoms with Crippen LogP contribution in [0.3, 0.4) is 0 Å². The average molecular weight is 318 g/mol. The monoisotopic (exact) mass is 318 g/mol. The van der Waals surface area contributed by atoms with Crippen LogP contribution in [-0.4, -0.2) is 21.2 Å². The largest absolute Gasteiger partial charge is 0.497 e. The molecule has 5 nitrogen and oxygen atoms in total. The van der Waals surface area contributed by atoms with Gasteiger partial charge in [0.1, 0.15) is 5.75 Å². The molecule has 1 N–H and O–H groups in total. The smallest absolute Gasteiger partial charge is 0.276 e. The summed E-state index contributed by atoms with van der Waals surface area (Å²) in [6.07, 6.45) is 0. The molecule has 0 heterocycles. The van der Waals surface area contributed by atoms with Gasteiger partial charge in [-0.2, -0.15) is 18.4 Å². The molecule has 0 bridgehead atoms. The lowest BCUT2D eigenvalue weighted by Gasteiger charge is -2.06. The minimum Gasteiger partial charge on any atom is -0.497 e. The second kappa shape index (κ2) is 6.62. The van der Waals surface area contributed by atoms with Crippen molar-refractivity contribution in [1.29, 1.82) is 0 Å². The third-order valence-corrected chi connectivity index (χ3v) is 4.40. The summed E-state index contributed by atoms with van der Waals surface area (Å²) in [5.74, 6) is 0.733. The Labute approximate surface area is 130 Å². The normalized spacial score (nSPS) is 12.0. The molecule has 0 saturated heterocycles. The van der Waals surface area contributed by atoms with Crippen molar-refractivity contribution in [1.82, 2.24) is 4.83 Å². The van der Waals surface area contributed by atoms with Crippen molar-refractivity contribution in [2.75, 3.05) is 7.11 Å². The van der Waals surface area contributed by atoms with Crippen molar-refractivity contribution in [3.8, 4) is 5.75 Å². The molecule has 0 atom stereocenters. The van der Waals surface area contributed by atoms with Crippen molar-refractivity contribution >= 4 is 15.7 Å². The summed E-state index contributed by atoms with van der Waals surface area (Å²) in [7, 11) is -2.07. The van der Waals surface area contributed by atoms with Crippen LogP contribution >= 0.6 is 0 Å². The number of ether oxygens (including phenoxy) is 1. The van der Waals surface area contributed by atoms with Crippen LogP contribution < -0.4 is 9.57 Å². The molecule has 6 heteroatoms. The average Bonchev–Trinajstić information content (AvgIpc) is 2.53. The highest BCUT2D eigenvalue weighted by atomic mass is 32.2. The summed E-state index contributed by atoms with van der Waals surface area (Å²) in [6.45, 7) is 3.63. The van der Waals surface area contributed by atoms with Crippen molar-refractivity contribution in [2.45, 2.75) is 18.7 Å². The van der Waals surface area contributed by atoms with Crippen molar-refractivity contribution < 1.29 is 13.2 Å². The lowest BCUT2D eigenvalue weighted by Crippen LogP contribution is -2.19. The minimum absolute atomic E-state index is 0.185. The molecule has 2 aromatic rings. The van der Waals surface area contributed by atoms with Crippen LogP contribution in [0.15, 0.2) is 58.5 Å². The lowest BCUT2D eigenvalue weighted by molar-refractivity contribution is 0.415. The van der Waals surface area contributed by atoms with E-state index in [0.29, 0.717) is 5.71 Å². The molecule has 0 unspecified atom stereocenters. The Balaban J connectivity index is 2.16. The van der Waals surface area contributed by atoms with Gasteiger partial charge in [0, 0.05) is 0 Å². The van der Waals surface area contributed by atoms with Crippen molar-refractivity contribution in [2.24, 2.45) is 5.10 Å². The Bertz CT molecular complexity index is 764. The molecule has 2 aromatic carbocycles. The van der Waals surface area contributed by atoms with Gasteiger partial charge in [-0.3, -0.25) is 0 Å². The van der Waals surface area contributed by atoms with Crippen molar-refractivity contribution in [3.63, 3.8) is 0 Å². The predicted octanol–water partition coefficient (Wildman–Crippen LogP) is 2.71. The van der Waals surface area contributed by atoms with E-state index >= 15 is 0 Å². The zero-order valence-corrected chi connectivity index (χ0v) is 13.5. The zero-order chi connectivity index (χ0) is 16.2. The van der Waals surface area contributed by atoms with Crippen molar-refractivity contribution in [3.05, 3.63) is 59.7 Å². The number of hydrazone groups is 1. The fraction of sp³-hybridized carbons (Fsp3) is 0.188. The van der Waals surface area contributed by atoms with Crippen LogP contribution in [0.5, 0.6) is 5.75 Å². The summed E-state index contributed by atoms with van der Waals surface area (Å²) in [4.78, 5) is 2.44. The molecule has 22 heavy (non-hydrogen) atoms. The summed E-state index contributed by atoms with van der Waals surface area (Å²) in [5.41, 5.74) is 2.38. The van der Waals surface area contributed by atoms with Crippen LogP contribution in [0.25, 0.3) is 0 Å². The summed E-state index contributed by atoms with van der Waals surface area (Å²) in [5, 5.41) is 3.96. The van der Waals surface area contributed by atoms with Gasteiger partial charge < -0.3 is 4.74 Å². The molecule has 0 saturated carbocycles. The van der Waals surface area contributed by atoms with E-state index in [1.165, 1.54) is 0 Å². The first-order valence-electron chi connectivity index (χ1n) is 6.69. The van der Waals surface area contributed by atoms with E-state index in [4.69, 9.17) is 4.74 Å². The second-order valence-corrected chi connectivity index (χ2v) is 6.49. The van der Waals surface area contributed by atoms with Crippen LogP contribution in [-0.2, 0) is 10.0 Å². The number of rotatable bonds is 5. The maximum atomic E-state index is 12.1. The molecule has 0 spiro atoms. The fourth-order valence-corrected chi connectivity index (χ4v) is 2.65. The van der Waals surface area contributed by atoms with Gasteiger partial charge in [0.05, 0.1) is 17.7 Å². The highest BCUT2D eigenvalue weighted by Crippen LogP contribution is 2.13. The summed E-state index contributed by atoms with van der Waals surface area (Å²) < 4.78 is 29.4. The molecule has 0 aliphatic rings. The maximum Gasteiger partial charge on any atom is 0.276 e. The molecule has 0 fully saturated rings. The first-order chi connectivity index (χ1) is 10.4. The summed E-state index contributed by atoms with van der Waals surface area (Å²) >= 11 is 0. The van der Waals surface area contributed by atoms with Crippen LogP contribution in [0.4, 0.5) is 0 Å². The molecule has 116 valence electrons. The highest BCUT2D eigenvalue weighted by molar-refractivity contribution is 7.89. The predicted molar refractivity (Wildman–Crippen MR) is 86.7 cm³/mol. The van der Waals surface area contributed by atoms with Gasteiger partial charge in [-0.05, 0) is 55.8 Å². The van der Waals surface area contributed by atoms with Gasteiger partial charge in [0.25, 0.3) is 10.0 Å². The Morgan fingerprint density at radius 3 is 2.18 bits per heavy atom. The molecule has 2 rings (SSSR count). The molecular formula is C16H18N2O3S. The zero-order valence-electron chi connectivity index (χ0n) is 12.7. The van der Waals surface area contributed by atoms with E-state index < -0.39 is 10.0 Å². The van der Waals surface area contributed by atoms with E-state index in [1.807, 2.05) is 19.1 Å². The minimum atomic E-state index is -3.66. The van der Waals surface area contributed by atoms with Crippen LogP contribution in [0.1, 0.15) is 18.1 Å². The van der Waals surface area contributed by atoms with E-state index in [2.05, 4.69) is 9.93 Å². The molecule has 0 amide bonds. The molecule has 0 radical (unpaired) electrons. The van der Waals surface area contributed by atoms with Crippen LogP contribution in [0.2, 0.25) is 0 Å². The Hall–Kier alpha value is -2.34. The molecular weight excluding hydrogens is 300 g/mol. The number of nitrogens with one attached hydrogen (secondary N) is 1. The third-order valence-electron chi connectivity index (χ3n) is 3.17. The number of sulfonamides is 1. The Morgan fingerprint density at radius 2 is 1.64 bits per heavy atom. The molecule has 0 aromatic heterocycles. The maximum absolute atomic E-state index is 12.1. The van der Waals surface area contributed by atoms with E-state index in [9.17, 15) is 8.42 Å². The lowest BCUT2D eigenvalue weighted by atomic mass is 10.1. The quantitative estimate of drug-likeness (QED) is 0.681. The SMILES string of the molecule is COc1ccc(C(C)=NNS(=O)(=O)c2ccc(C)cc2)cc1. The fourth-order valence-electron chi connectivity index (χ4n) is 1.80. The topological polar surface area (TPSA) is 67.8 Å². The number of benzene rings is 2. The Kier molecular flexibility index (Phi) is 4.82. The van der Waals surface area contributed by atoms with E-state index in [0.717, 1.165) is 16.9 Å². The number of nitrogens with zero attached hydrogens (tertiary/aromatic N) is 1. The van der Waals surface area contributed by atoms with Gasteiger partial charge in [-0.25, -0.2) is 0 Å². The second-order valence-electron chi connectivity index (χ2n) is 4.83. The van der Waals surface area contributed by atoms with Crippen LogP contribution in [0, 0.1) is 6.92 Å². The third kappa shape index (κ3) is 3.85. The van der Waals surface area contributed by atoms with E-state index in [-0.39, 0.29) is 4.90 Å². The van der Waals surface area contributed by atoms with Gasteiger partial charge in [-0.1, -0.05) is 17.7 Å². The standard InChI is InChI=1S/C16H18N2O3S/c1-12-4-10-16(11-5-12)22(19,20)18-17-13(2)14-6-8-15(21-3)9-7-14/h4-11,18H,1-3H3. The highest BCUT2D eigenvalue weighted by Gasteiger charge is 2.12. The number of aryl methyl sites for hydroxylation is 1. The van der Waals surface area contributed by atoms with Gasteiger partial charge in [0.2, 0.25) is 0 Å².